The summed E-state index contributed by atoms with van der Waals surface area (Å²) in [7, 11) is -2.54. The Hall–Kier alpha value is -3.70. The van der Waals surface area contributed by atoms with Gasteiger partial charge < -0.3 is 14.4 Å². The van der Waals surface area contributed by atoms with Gasteiger partial charge in [0.1, 0.15) is 6.61 Å². The SMILES string of the molecule is C=CCOc1ccc(/C=C/C(=O)N2CCN(S(=O)(=O)c3ccccc3[N+](=O)[O-])CC2)cc1OC. The van der Waals surface area contributed by atoms with Crippen LogP contribution in [0.3, 0.4) is 0 Å². The van der Waals surface area contributed by atoms with Crippen LogP contribution in [0.1, 0.15) is 5.56 Å². The van der Waals surface area contributed by atoms with E-state index in [4.69, 9.17) is 9.47 Å². The molecule has 2 aromatic rings. The molecule has 10 nitrogen and oxygen atoms in total. The third kappa shape index (κ3) is 5.61. The Morgan fingerprint density at radius 2 is 1.85 bits per heavy atom. The first-order valence-corrected chi connectivity index (χ1v) is 11.8. The summed E-state index contributed by atoms with van der Waals surface area (Å²) in [6.07, 6.45) is 4.67. The number of carbonyl (C=O) groups excluding carboxylic acids is 1. The first-order valence-electron chi connectivity index (χ1n) is 10.4. The quantitative estimate of drug-likeness (QED) is 0.231. The van der Waals surface area contributed by atoms with E-state index >= 15 is 0 Å². The molecule has 1 fully saturated rings. The zero-order chi connectivity index (χ0) is 24.7. The highest BCUT2D eigenvalue weighted by atomic mass is 32.2. The predicted molar refractivity (Wildman–Crippen MR) is 126 cm³/mol. The molecule has 0 bridgehead atoms. The number of piperazine rings is 1. The van der Waals surface area contributed by atoms with E-state index in [0.717, 1.165) is 15.9 Å². The molecule has 0 unspecified atom stereocenters. The summed E-state index contributed by atoms with van der Waals surface area (Å²) >= 11 is 0. The summed E-state index contributed by atoms with van der Waals surface area (Å²) in [5.74, 6) is 0.806. The third-order valence-electron chi connectivity index (χ3n) is 5.19. The molecule has 0 atom stereocenters. The number of carbonyl (C=O) groups is 1. The molecule has 0 radical (unpaired) electrons. The van der Waals surface area contributed by atoms with E-state index in [-0.39, 0.29) is 37.0 Å². The molecule has 0 saturated carbocycles. The molecule has 0 aromatic heterocycles. The molecule has 1 saturated heterocycles. The topological polar surface area (TPSA) is 119 Å². The zero-order valence-corrected chi connectivity index (χ0v) is 19.4. The van der Waals surface area contributed by atoms with E-state index in [9.17, 15) is 23.3 Å². The highest BCUT2D eigenvalue weighted by Gasteiger charge is 2.34. The van der Waals surface area contributed by atoms with Crippen molar-refractivity contribution in [2.45, 2.75) is 4.90 Å². The van der Waals surface area contributed by atoms with Crippen LogP contribution in [-0.2, 0) is 14.8 Å². The molecule has 3 rings (SSSR count). The second-order valence-electron chi connectivity index (χ2n) is 7.30. The van der Waals surface area contributed by atoms with E-state index in [2.05, 4.69) is 6.58 Å². The van der Waals surface area contributed by atoms with Gasteiger partial charge in [-0.25, -0.2) is 8.42 Å². The van der Waals surface area contributed by atoms with Crippen molar-refractivity contribution in [2.75, 3.05) is 39.9 Å². The molecule has 0 aliphatic carbocycles. The Bertz CT molecular complexity index is 1200. The molecule has 1 heterocycles. The summed E-state index contributed by atoms with van der Waals surface area (Å²) in [5, 5.41) is 11.2. The number of amides is 1. The zero-order valence-electron chi connectivity index (χ0n) is 18.6. The molecule has 180 valence electrons. The van der Waals surface area contributed by atoms with Crippen molar-refractivity contribution in [3.8, 4) is 11.5 Å². The van der Waals surface area contributed by atoms with Crippen molar-refractivity contribution in [3.05, 3.63) is 76.9 Å². The van der Waals surface area contributed by atoms with E-state index in [0.29, 0.717) is 18.1 Å². The molecule has 0 N–H and O–H groups in total. The highest BCUT2D eigenvalue weighted by molar-refractivity contribution is 7.89. The molecule has 2 aromatic carbocycles. The Balaban J connectivity index is 1.64. The van der Waals surface area contributed by atoms with Gasteiger partial charge in [-0.2, -0.15) is 4.31 Å². The number of hydrogen-bond donors (Lipinski definition) is 0. The first kappa shape index (κ1) is 24.9. The maximum absolute atomic E-state index is 12.9. The van der Waals surface area contributed by atoms with Gasteiger partial charge in [-0.1, -0.05) is 30.9 Å². The molecule has 34 heavy (non-hydrogen) atoms. The fourth-order valence-electron chi connectivity index (χ4n) is 3.44. The standard InChI is InChI=1S/C23H25N3O7S/c1-3-16-33-20-10-8-18(17-21(20)32-2)9-11-23(27)24-12-14-25(15-13-24)34(30,31)22-7-5-4-6-19(22)26(28)29/h3-11,17H,1,12-16H2,2H3/b11-9+. The normalized spacial score (nSPS) is 14.7. The Labute approximate surface area is 197 Å². The van der Waals surface area contributed by atoms with Gasteiger partial charge in [0.15, 0.2) is 16.4 Å². The monoisotopic (exact) mass is 487 g/mol. The van der Waals surface area contributed by atoms with Gasteiger partial charge in [0, 0.05) is 38.3 Å². The van der Waals surface area contributed by atoms with Gasteiger partial charge in [-0.15, -0.1) is 0 Å². The van der Waals surface area contributed by atoms with Crippen LogP contribution in [0.25, 0.3) is 6.08 Å². The van der Waals surface area contributed by atoms with Gasteiger partial charge in [0.2, 0.25) is 15.9 Å². The molecule has 11 heteroatoms. The van der Waals surface area contributed by atoms with Crippen molar-refractivity contribution < 1.29 is 27.6 Å². The lowest BCUT2D eigenvalue weighted by Gasteiger charge is -2.33. The van der Waals surface area contributed by atoms with Gasteiger partial charge in [-0.3, -0.25) is 14.9 Å². The number of sulfonamides is 1. The lowest BCUT2D eigenvalue weighted by atomic mass is 10.2. The summed E-state index contributed by atoms with van der Waals surface area (Å²) in [5.41, 5.74) is 0.258. The summed E-state index contributed by atoms with van der Waals surface area (Å²) in [6.45, 7) is 4.35. The number of rotatable bonds is 9. The van der Waals surface area contributed by atoms with E-state index in [1.807, 2.05) is 0 Å². The van der Waals surface area contributed by atoms with Crippen LogP contribution >= 0.6 is 0 Å². The molecular weight excluding hydrogens is 462 g/mol. The Morgan fingerprint density at radius 3 is 2.50 bits per heavy atom. The number of methoxy groups -OCH3 is 1. The molecule has 0 spiro atoms. The predicted octanol–water partition coefficient (Wildman–Crippen LogP) is 2.71. The molecule has 1 aliphatic rings. The van der Waals surface area contributed by atoms with Crippen molar-refractivity contribution in [2.24, 2.45) is 0 Å². The fourth-order valence-corrected chi connectivity index (χ4v) is 5.02. The number of ether oxygens (including phenoxy) is 2. The van der Waals surface area contributed by atoms with Gasteiger partial charge in [-0.05, 0) is 29.8 Å². The summed E-state index contributed by atoms with van der Waals surface area (Å²) in [4.78, 5) is 24.3. The van der Waals surface area contributed by atoms with Crippen LogP contribution in [0.5, 0.6) is 11.5 Å². The van der Waals surface area contributed by atoms with Crippen LogP contribution in [0.2, 0.25) is 0 Å². The maximum atomic E-state index is 12.9. The Kier molecular flexibility index (Phi) is 8.03. The van der Waals surface area contributed by atoms with E-state index in [1.165, 1.54) is 36.3 Å². The maximum Gasteiger partial charge on any atom is 0.289 e. The number of benzene rings is 2. The van der Waals surface area contributed by atoms with Crippen molar-refractivity contribution in [1.82, 2.24) is 9.21 Å². The number of nitrogens with zero attached hydrogens (tertiary/aromatic N) is 3. The summed E-state index contributed by atoms with van der Waals surface area (Å²) < 4.78 is 37.8. The lowest BCUT2D eigenvalue weighted by molar-refractivity contribution is -0.387. The van der Waals surface area contributed by atoms with Crippen molar-refractivity contribution >= 4 is 27.7 Å². The lowest BCUT2D eigenvalue weighted by Crippen LogP contribution is -2.50. The first-order chi connectivity index (χ1) is 16.3. The van der Waals surface area contributed by atoms with Crippen LogP contribution in [0, 0.1) is 10.1 Å². The Morgan fingerprint density at radius 1 is 1.15 bits per heavy atom. The number of para-hydroxylation sites is 1. The second kappa shape index (κ2) is 10.9. The number of nitro groups is 1. The smallest absolute Gasteiger partial charge is 0.289 e. The van der Waals surface area contributed by atoms with E-state index < -0.39 is 20.6 Å². The van der Waals surface area contributed by atoms with E-state index in [1.54, 1.807) is 30.4 Å². The van der Waals surface area contributed by atoms with Crippen molar-refractivity contribution in [1.29, 1.82) is 0 Å². The minimum atomic E-state index is -4.06. The van der Waals surface area contributed by atoms with Gasteiger partial charge in [0.05, 0.1) is 12.0 Å². The van der Waals surface area contributed by atoms with Gasteiger partial charge in [0.25, 0.3) is 5.69 Å². The minimum Gasteiger partial charge on any atom is -0.493 e. The largest absolute Gasteiger partial charge is 0.493 e. The highest BCUT2D eigenvalue weighted by Crippen LogP contribution is 2.29. The van der Waals surface area contributed by atoms with Crippen molar-refractivity contribution in [3.63, 3.8) is 0 Å². The molecule has 1 aliphatic heterocycles. The van der Waals surface area contributed by atoms with Crippen LogP contribution in [0.4, 0.5) is 5.69 Å². The summed E-state index contributed by atoms with van der Waals surface area (Å²) in [6, 6.07) is 10.5. The average Bonchev–Trinajstić information content (AvgIpc) is 2.86. The fraction of sp³-hybridized carbons (Fsp3) is 0.261. The third-order valence-corrected chi connectivity index (χ3v) is 7.14. The van der Waals surface area contributed by atoms with Crippen LogP contribution in [0.15, 0.2) is 66.1 Å². The van der Waals surface area contributed by atoms with Crippen LogP contribution in [-0.4, -0.2) is 68.3 Å². The average molecular weight is 488 g/mol. The number of nitro benzene ring substituents is 1. The van der Waals surface area contributed by atoms with Gasteiger partial charge >= 0.3 is 0 Å². The van der Waals surface area contributed by atoms with Crippen LogP contribution < -0.4 is 9.47 Å². The minimum absolute atomic E-state index is 0.0388. The second-order valence-corrected chi connectivity index (χ2v) is 9.20. The molecule has 1 amide bonds. The number of hydrogen-bond acceptors (Lipinski definition) is 7. The molecular formula is C23H25N3O7S.